The molecule has 5 rings (SSSR count). The van der Waals surface area contributed by atoms with Crippen molar-refractivity contribution in [3.63, 3.8) is 0 Å². The molecule has 2 aliphatic rings. The first-order valence-corrected chi connectivity index (χ1v) is 14.1. The largest absolute Gasteiger partial charge is 0.444 e. The van der Waals surface area contributed by atoms with Gasteiger partial charge in [-0.15, -0.1) is 16.9 Å². The van der Waals surface area contributed by atoms with E-state index in [1.807, 2.05) is 45.2 Å². The highest BCUT2D eigenvalue weighted by Crippen LogP contribution is 2.39. The second-order valence-electron chi connectivity index (χ2n) is 10.7. The summed E-state index contributed by atoms with van der Waals surface area (Å²) in [6.45, 7) is 7.18. The lowest BCUT2D eigenvalue weighted by Gasteiger charge is -2.27. The molecule has 0 saturated carbocycles. The Morgan fingerprint density at radius 2 is 1.97 bits per heavy atom. The number of ether oxygens (including phenoxy) is 1. The van der Waals surface area contributed by atoms with Crippen molar-refractivity contribution in [2.75, 3.05) is 30.8 Å². The Labute approximate surface area is 225 Å². The van der Waals surface area contributed by atoms with E-state index in [0.717, 1.165) is 29.8 Å². The Kier molecular flexibility index (Phi) is 7.21. The average Bonchev–Trinajstić information content (AvgIpc) is 3.62. The third-order valence-corrected chi connectivity index (χ3v) is 7.67. The molecule has 2 saturated heterocycles. The van der Waals surface area contributed by atoms with Crippen LogP contribution in [0.3, 0.4) is 0 Å². The summed E-state index contributed by atoms with van der Waals surface area (Å²) < 4.78 is 21.2. The maximum atomic E-state index is 14.2. The van der Waals surface area contributed by atoms with Gasteiger partial charge in [-0.2, -0.15) is 0 Å². The molecule has 4 heterocycles. The van der Waals surface area contributed by atoms with Crippen LogP contribution in [0.25, 0.3) is 5.65 Å². The molecule has 0 spiro atoms. The van der Waals surface area contributed by atoms with Crippen LogP contribution in [-0.4, -0.2) is 69.0 Å². The molecule has 0 bridgehead atoms. The first-order valence-electron chi connectivity index (χ1n) is 12.9. The van der Waals surface area contributed by atoms with Crippen LogP contribution >= 0.6 is 11.8 Å². The topological polar surface area (TPSA) is 92.1 Å². The van der Waals surface area contributed by atoms with Gasteiger partial charge < -0.3 is 19.9 Å². The number of fused-ring (bicyclic) bond motifs is 1. The Morgan fingerprint density at radius 1 is 1.16 bits per heavy atom. The number of benzene rings is 1. The summed E-state index contributed by atoms with van der Waals surface area (Å²) in [6.07, 6.45) is 5.63. The van der Waals surface area contributed by atoms with Gasteiger partial charge in [-0.05, 0) is 82.2 Å². The minimum Gasteiger partial charge on any atom is -0.444 e. The van der Waals surface area contributed by atoms with Crippen LogP contribution in [0.15, 0.2) is 41.4 Å². The van der Waals surface area contributed by atoms with Crippen molar-refractivity contribution >= 4 is 35.2 Å². The van der Waals surface area contributed by atoms with Crippen LogP contribution in [-0.2, 0) is 4.74 Å². The Hall–Kier alpha value is -3.34. The fourth-order valence-electron chi connectivity index (χ4n) is 5.13. The van der Waals surface area contributed by atoms with Gasteiger partial charge >= 0.3 is 6.09 Å². The molecule has 202 valence electrons. The number of nitrogens with zero attached hydrogens (tertiary/aromatic N) is 5. The predicted octanol–water partition coefficient (Wildman–Crippen LogP) is 4.67. The smallest absolute Gasteiger partial charge is 0.410 e. The first kappa shape index (κ1) is 26.3. The molecule has 0 radical (unpaired) electrons. The number of amides is 2. The number of likely N-dealkylation sites (tertiary alicyclic amines) is 1. The zero-order chi connectivity index (χ0) is 27.0. The predicted molar refractivity (Wildman–Crippen MR) is 144 cm³/mol. The summed E-state index contributed by atoms with van der Waals surface area (Å²) in [5.74, 6) is 0.157. The van der Waals surface area contributed by atoms with Crippen molar-refractivity contribution in [1.82, 2.24) is 24.8 Å². The number of imidazole rings is 1. The van der Waals surface area contributed by atoms with Crippen molar-refractivity contribution in [3.05, 3.63) is 53.6 Å². The minimum atomic E-state index is -0.571. The van der Waals surface area contributed by atoms with Gasteiger partial charge in [-0.1, -0.05) is 0 Å². The molecule has 11 heteroatoms. The number of anilines is 1. The van der Waals surface area contributed by atoms with E-state index in [4.69, 9.17) is 9.84 Å². The Bertz CT molecular complexity index is 1360. The third-order valence-electron chi connectivity index (χ3n) is 6.85. The van der Waals surface area contributed by atoms with E-state index < -0.39 is 5.60 Å². The quantitative estimate of drug-likeness (QED) is 0.470. The summed E-state index contributed by atoms with van der Waals surface area (Å²) in [5, 5.41) is 7.80. The van der Waals surface area contributed by atoms with Gasteiger partial charge in [-0.25, -0.2) is 18.7 Å². The van der Waals surface area contributed by atoms with E-state index >= 15 is 0 Å². The van der Waals surface area contributed by atoms with Crippen molar-refractivity contribution in [3.8, 4) is 0 Å². The first-order chi connectivity index (χ1) is 18.1. The normalized spacial score (nSPS) is 19.8. The number of thioether (sulfide) groups is 1. The highest BCUT2D eigenvalue weighted by atomic mass is 32.2. The lowest BCUT2D eigenvalue weighted by Crippen LogP contribution is -2.40. The highest BCUT2D eigenvalue weighted by Gasteiger charge is 2.32. The van der Waals surface area contributed by atoms with E-state index in [1.54, 1.807) is 27.2 Å². The monoisotopic (exact) mass is 540 g/mol. The molecule has 2 amide bonds. The molecule has 3 aromatic rings. The van der Waals surface area contributed by atoms with Crippen LogP contribution in [0.4, 0.5) is 15.0 Å². The molecule has 1 N–H and O–H groups in total. The van der Waals surface area contributed by atoms with Crippen LogP contribution < -0.4 is 10.2 Å². The molecule has 2 aromatic heterocycles. The number of rotatable bonds is 5. The van der Waals surface area contributed by atoms with Gasteiger partial charge in [-0.3, -0.25) is 4.79 Å². The summed E-state index contributed by atoms with van der Waals surface area (Å²) in [5.41, 5.74) is 1.27. The Balaban J connectivity index is 1.33. The van der Waals surface area contributed by atoms with Gasteiger partial charge in [0.2, 0.25) is 0 Å². The third kappa shape index (κ3) is 5.43. The average molecular weight is 541 g/mol. The molecule has 38 heavy (non-hydrogen) atoms. The molecule has 9 nitrogen and oxygen atoms in total. The summed E-state index contributed by atoms with van der Waals surface area (Å²) in [4.78, 5) is 34.8. The van der Waals surface area contributed by atoms with Gasteiger partial charge in [0.25, 0.3) is 5.91 Å². The lowest BCUT2D eigenvalue weighted by molar-refractivity contribution is 0.0290. The van der Waals surface area contributed by atoms with Crippen molar-refractivity contribution < 1.29 is 18.7 Å². The number of hydrogen-bond donors (Lipinski definition) is 1. The number of nitrogens with one attached hydrogen (secondary N) is 1. The Morgan fingerprint density at radius 3 is 2.74 bits per heavy atom. The number of carbonyl (C=O) groups excluding carboxylic acids is 2. The summed E-state index contributed by atoms with van der Waals surface area (Å²) >= 11 is 1.60. The van der Waals surface area contributed by atoms with Gasteiger partial charge in [0.15, 0.2) is 11.3 Å². The molecule has 1 aromatic carbocycles. The number of halogens is 1. The van der Waals surface area contributed by atoms with Gasteiger partial charge in [0.05, 0.1) is 12.2 Å². The van der Waals surface area contributed by atoms with Crippen LogP contribution in [0.1, 0.15) is 62.1 Å². The molecule has 2 fully saturated rings. The molecule has 0 aliphatic carbocycles. The maximum absolute atomic E-state index is 14.2. The standard InChI is InChI=1S/C27H33FN6O3S/c1-27(2,3)37-26(36)32-13-11-18(16-32)30-25(35)21-15-29-23-9-10-24(31-34(21)23)33-12-5-6-20(33)19-14-17(28)7-8-22(19)38-4/h7-10,14-15,18,20H,5-6,11-13,16H2,1-4H3,(H,30,35)/t18-,20+/m0/s1. The minimum absolute atomic E-state index is 0.00350. The van der Waals surface area contributed by atoms with Crippen LogP contribution in [0, 0.1) is 5.82 Å². The lowest BCUT2D eigenvalue weighted by atomic mass is 10.0. The number of aromatic nitrogens is 3. The highest BCUT2D eigenvalue weighted by molar-refractivity contribution is 7.98. The zero-order valence-electron chi connectivity index (χ0n) is 22.1. The summed E-state index contributed by atoms with van der Waals surface area (Å²) in [7, 11) is 0. The fraction of sp³-hybridized carbons (Fsp3) is 0.481. The van der Waals surface area contributed by atoms with E-state index in [9.17, 15) is 14.0 Å². The molecular formula is C27H33FN6O3S. The maximum Gasteiger partial charge on any atom is 0.410 e. The molecule has 2 atom stereocenters. The molecule has 0 unspecified atom stereocenters. The van der Waals surface area contributed by atoms with Crippen molar-refractivity contribution in [2.24, 2.45) is 0 Å². The van der Waals surface area contributed by atoms with Crippen molar-refractivity contribution in [2.45, 2.75) is 62.6 Å². The SMILES string of the molecule is CSc1ccc(F)cc1[C@H]1CCCN1c1ccc2ncc(C(=O)N[C@H]3CCN(C(=O)OC(C)(C)C)C3)n2n1. The zero-order valence-corrected chi connectivity index (χ0v) is 22.9. The van der Waals surface area contributed by atoms with E-state index in [2.05, 4.69) is 15.2 Å². The van der Waals surface area contributed by atoms with Crippen LogP contribution in [0.2, 0.25) is 0 Å². The van der Waals surface area contributed by atoms with Gasteiger partial charge in [0, 0.05) is 30.6 Å². The van der Waals surface area contributed by atoms with E-state index in [1.165, 1.54) is 12.3 Å². The van der Waals surface area contributed by atoms with Crippen LogP contribution in [0.5, 0.6) is 0 Å². The fourth-order valence-corrected chi connectivity index (χ4v) is 5.77. The molecular weight excluding hydrogens is 507 g/mol. The number of hydrogen-bond acceptors (Lipinski definition) is 7. The van der Waals surface area contributed by atoms with Gasteiger partial charge in [0.1, 0.15) is 17.2 Å². The second kappa shape index (κ2) is 10.4. The molecule has 2 aliphatic heterocycles. The summed E-state index contributed by atoms with van der Waals surface area (Å²) in [6, 6.07) is 8.48. The number of carbonyl (C=O) groups is 2. The van der Waals surface area contributed by atoms with E-state index in [-0.39, 0.29) is 29.9 Å². The van der Waals surface area contributed by atoms with Crippen molar-refractivity contribution in [1.29, 1.82) is 0 Å². The van der Waals surface area contributed by atoms with E-state index in [0.29, 0.717) is 36.7 Å². The second-order valence-corrected chi connectivity index (χ2v) is 11.6.